The second kappa shape index (κ2) is 7.62. The summed E-state index contributed by atoms with van der Waals surface area (Å²) in [7, 11) is 0. The van der Waals surface area contributed by atoms with Gasteiger partial charge in [-0.25, -0.2) is 9.78 Å². The Morgan fingerprint density at radius 1 is 1.48 bits per heavy atom. The lowest BCUT2D eigenvalue weighted by Crippen LogP contribution is -2.54. The van der Waals surface area contributed by atoms with Crippen LogP contribution >= 0.6 is 11.3 Å². The summed E-state index contributed by atoms with van der Waals surface area (Å²) in [4.78, 5) is 20.1. The van der Waals surface area contributed by atoms with Gasteiger partial charge in [0.2, 0.25) is 0 Å². The number of likely N-dealkylation sites (tertiary alicyclic amines) is 1. The molecular weight excluding hydrogens is 310 g/mol. The Hall–Kier alpha value is -1.14. The molecule has 130 valence electrons. The number of thiazole rings is 1. The number of aliphatic hydroxyl groups is 1. The van der Waals surface area contributed by atoms with Gasteiger partial charge in [-0.15, -0.1) is 11.3 Å². The van der Waals surface area contributed by atoms with Crippen LogP contribution in [0.15, 0.2) is 0 Å². The van der Waals surface area contributed by atoms with Crippen LogP contribution in [0.3, 0.4) is 0 Å². The van der Waals surface area contributed by atoms with Crippen molar-refractivity contribution >= 4 is 17.4 Å². The number of amides is 2. The lowest BCUT2D eigenvalue weighted by atomic mass is 9.87. The van der Waals surface area contributed by atoms with E-state index in [-0.39, 0.29) is 18.2 Å². The maximum atomic E-state index is 12.6. The molecule has 2 amide bonds. The maximum Gasteiger partial charge on any atom is 0.317 e. The van der Waals surface area contributed by atoms with Gasteiger partial charge in [0.05, 0.1) is 22.8 Å². The highest BCUT2D eigenvalue weighted by Crippen LogP contribution is 2.34. The predicted octanol–water partition coefficient (Wildman–Crippen LogP) is 2.89. The molecule has 0 spiro atoms. The first-order valence-corrected chi connectivity index (χ1v) is 9.29. The Bertz CT molecular complexity index is 544. The first-order valence-electron chi connectivity index (χ1n) is 8.47. The highest BCUT2D eigenvalue weighted by molar-refractivity contribution is 7.11. The minimum Gasteiger partial charge on any atom is -0.394 e. The van der Waals surface area contributed by atoms with Crippen LogP contribution in [-0.4, -0.2) is 46.3 Å². The Kier molecular flexibility index (Phi) is 6.03. The number of aryl methyl sites for hydroxylation is 2. The minimum absolute atomic E-state index is 0.0453. The summed E-state index contributed by atoms with van der Waals surface area (Å²) in [6, 6.07) is -0.0453. The second-order valence-corrected chi connectivity index (χ2v) is 8.25. The smallest absolute Gasteiger partial charge is 0.317 e. The Morgan fingerprint density at radius 2 is 2.22 bits per heavy atom. The van der Waals surface area contributed by atoms with Crippen molar-refractivity contribution in [1.82, 2.24) is 15.2 Å². The van der Waals surface area contributed by atoms with Crippen LogP contribution in [0.25, 0.3) is 0 Å². The summed E-state index contributed by atoms with van der Waals surface area (Å²) in [5, 5.41) is 14.0. The molecule has 1 saturated heterocycles. The molecule has 5 nitrogen and oxygen atoms in total. The Labute approximate surface area is 143 Å². The van der Waals surface area contributed by atoms with Crippen molar-refractivity contribution in [2.24, 2.45) is 5.92 Å². The number of aliphatic hydroxyl groups excluding tert-OH is 1. The largest absolute Gasteiger partial charge is 0.394 e. The van der Waals surface area contributed by atoms with E-state index >= 15 is 0 Å². The molecule has 1 atom stereocenters. The topological polar surface area (TPSA) is 65.5 Å². The molecule has 0 aromatic carbocycles. The fourth-order valence-corrected chi connectivity index (χ4v) is 4.58. The molecule has 1 aromatic rings. The number of carbonyl (C=O) groups excluding carboxylic acids is 1. The number of hydrogen-bond donors (Lipinski definition) is 2. The molecule has 0 aliphatic carbocycles. The number of nitrogens with one attached hydrogen (secondary N) is 1. The monoisotopic (exact) mass is 339 g/mol. The van der Waals surface area contributed by atoms with Crippen LogP contribution in [0, 0.1) is 19.8 Å². The van der Waals surface area contributed by atoms with E-state index in [0.29, 0.717) is 12.5 Å². The molecule has 6 heteroatoms. The summed E-state index contributed by atoms with van der Waals surface area (Å²) in [6.07, 6.45) is 3.52. The van der Waals surface area contributed by atoms with Crippen molar-refractivity contribution in [2.45, 2.75) is 58.9 Å². The van der Waals surface area contributed by atoms with Crippen molar-refractivity contribution in [3.8, 4) is 0 Å². The average molecular weight is 340 g/mol. The zero-order valence-electron chi connectivity index (χ0n) is 14.7. The van der Waals surface area contributed by atoms with E-state index in [9.17, 15) is 9.90 Å². The summed E-state index contributed by atoms with van der Waals surface area (Å²) in [5.74, 6) is 0.457. The van der Waals surface area contributed by atoms with Gasteiger partial charge in [0.25, 0.3) is 0 Å². The molecule has 2 N–H and O–H groups in total. The summed E-state index contributed by atoms with van der Waals surface area (Å²) in [5.41, 5.74) is 0.683. The minimum atomic E-state index is -0.380. The number of aromatic nitrogens is 1. The van der Waals surface area contributed by atoms with E-state index in [4.69, 9.17) is 0 Å². The molecule has 1 aromatic heterocycles. The molecule has 0 saturated carbocycles. The highest BCUT2D eigenvalue weighted by atomic mass is 32.1. The van der Waals surface area contributed by atoms with Gasteiger partial charge in [-0.05, 0) is 39.0 Å². The molecule has 0 unspecified atom stereocenters. The van der Waals surface area contributed by atoms with Gasteiger partial charge in [-0.2, -0.15) is 0 Å². The number of carbonyl (C=O) groups is 1. The lowest BCUT2D eigenvalue weighted by Gasteiger charge is -2.38. The second-order valence-electron chi connectivity index (χ2n) is 6.96. The number of rotatable bonds is 6. The first kappa shape index (κ1) is 18.2. The molecule has 0 bridgehead atoms. The third-order valence-electron chi connectivity index (χ3n) is 4.55. The van der Waals surface area contributed by atoms with E-state index in [2.05, 4.69) is 24.1 Å². The van der Waals surface area contributed by atoms with Gasteiger partial charge in [0, 0.05) is 24.4 Å². The van der Waals surface area contributed by atoms with Gasteiger partial charge >= 0.3 is 6.03 Å². The SMILES string of the molecule is Cc1nc(C)c(CCNC(=O)N2CCC[C@]2(CO)CC(C)C)s1. The van der Waals surface area contributed by atoms with E-state index in [0.717, 1.165) is 42.9 Å². The molecule has 0 radical (unpaired) electrons. The molecular formula is C17H29N3O2S. The molecule has 1 fully saturated rings. The normalized spacial score (nSPS) is 21.2. The Morgan fingerprint density at radius 3 is 2.78 bits per heavy atom. The van der Waals surface area contributed by atoms with Gasteiger partial charge in [-0.3, -0.25) is 0 Å². The zero-order valence-corrected chi connectivity index (χ0v) is 15.5. The average Bonchev–Trinajstić information content (AvgIpc) is 3.02. The third-order valence-corrected chi connectivity index (χ3v) is 5.68. The van der Waals surface area contributed by atoms with Gasteiger partial charge < -0.3 is 15.3 Å². The molecule has 2 heterocycles. The van der Waals surface area contributed by atoms with Crippen LogP contribution in [-0.2, 0) is 6.42 Å². The van der Waals surface area contributed by atoms with Crippen LogP contribution in [0.2, 0.25) is 0 Å². The number of hydrogen-bond acceptors (Lipinski definition) is 4. The molecule has 1 aliphatic rings. The van der Waals surface area contributed by atoms with E-state index in [1.807, 2.05) is 18.7 Å². The molecule has 2 rings (SSSR count). The van der Waals surface area contributed by atoms with E-state index < -0.39 is 0 Å². The summed E-state index contributed by atoms with van der Waals surface area (Å²) in [6.45, 7) is 9.69. The third kappa shape index (κ3) is 4.23. The van der Waals surface area contributed by atoms with Gasteiger partial charge in [0.1, 0.15) is 0 Å². The van der Waals surface area contributed by atoms with E-state index in [1.165, 1.54) is 4.88 Å². The summed E-state index contributed by atoms with van der Waals surface area (Å²) < 4.78 is 0. The van der Waals surface area contributed by atoms with Crippen molar-refractivity contribution in [3.05, 3.63) is 15.6 Å². The van der Waals surface area contributed by atoms with Crippen molar-refractivity contribution in [2.75, 3.05) is 19.7 Å². The fraction of sp³-hybridized carbons (Fsp3) is 0.765. The lowest BCUT2D eigenvalue weighted by molar-refractivity contribution is 0.0678. The van der Waals surface area contributed by atoms with Gasteiger partial charge in [-0.1, -0.05) is 13.8 Å². The van der Waals surface area contributed by atoms with Crippen molar-refractivity contribution < 1.29 is 9.90 Å². The predicted molar refractivity (Wildman–Crippen MR) is 93.9 cm³/mol. The maximum absolute atomic E-state index is 12.6. The van der Waals surface area contributed by atoms with Gasteiger partial charge in [0.15, 0.2) is 0 Å². The quantitative estimate of drug-likeness (QED) is 0.837. The zero-order chi connectivity index (χ0) is 17.0. The first-order chi connectivity index (χ1) is 10.9. The standard InChI is InChI=1S/C17H29N3O2S/c1-12(2)10-17(11-21)7-5-9-20(17)16(22)18-8-6-15-13(3)19-14(4)23-15/h12,21H,5-11H2,1-4H3,(H,18,22)/t17-/m1/s1. The summed E-state index contributed by atoms with van der Waals surface area (Å²) >= 11 is 1.69. The fourth-order valence-electron chi connectivity index (χ4n) is 3.64. The van der Waals surface area contributed by atoms with E-state index in [1.54, 1.807) is 11.3 Å². The molecule has 1 aliphatic heterocycles. The number of nitrogens with zero attached hydrogens (tertiary/aromatic N) is 2. The van der Waals surface area contributed by atoms with Crippen LogP contribution in [0.5, 0.6) is 0 Å². The highest BCUT2D eigenvalue weighted by Gasteiger charge is 2.43. The van der Waals surface area contributed by atoms with Crippen LogP contribution in [0.4, 0.5) is 4.79 Å². The van der Waals surface area contributed by atoms with Crippen molar-refractivity contribution in [3.63, 3.8) is 0 Å². The molecule has 23 heavy (non-hydrogen) atoms. The van der Waals surface area contributed by atoms with Crippen LogP contribution < -0.4 is 5.32 Å². The van der Waals surface area contributed by atoms with Crippen molar-refractivity contribution in [1.29, 1.82) is 0 Å². The number of urea groups is 1. The van der Waals surface area contributed by atoms with Crippen LogP contribution in [0.1, 0.15) is 48.7 Å². The Balaban J connectivity index is 1.92.